The third-order valence-corrected chi connectivity index (χ3v) is 1.70. The summed E-state index contributed by atoms with van der Waals surface area (Å²) in [6.07, 6.45) is 1.66. The Bertz CT molecular complexity index is 133. The van der Waals surface area contributed by atoms with Crippen molar-refractivity contribution in [3.05, 3.63) is 0 Å². The van der Waals surface area contributed by atoms with E-state index in [0.717, 1.165) is 12.8 Å². The molecule has 0 spiro atoms. The van der Waals surface area contributed by atoms with Crippen LogP contribution in [0, 0.1) is 0 Å². The van der Waals surface area contributed by atoms with E-state index >= 15 is 0 Å². The average Bonchev–Trinajstić information content (AvgIpc) is 2.34. The zero-order chi connectivity index (χ0) is 7.56. The minimum absolute atomic E-state index is 0.212. The Kier molecular flexibility index (Phi) is 2.27. The molecule has 0 aromatic rings. The molecule has 10 heavy (non-hydrogen) atoms. The van der Waals surface area contributed by atoms with E-state index in [-0.39, 0.29) is 18.2 Å². The van der Waals surface area contributed by atoms with Crippen molar-refractivity contribution in [1.82, 2.24) is 0 Å². The van der Waals surface area contributed by atoms with Crippen LogP contribution in [0.4, 0.5) is 0 Å². The van der Waals surface area contributed by atoms with Gasteiger partial charge in [0.2, 0.25) is 0 Å². The lowest BCUT2D eigenvalue weighted by Crippen LogP contribution is -2.21. The van der Waals surface area contributed by atoms with Crippen LogP contribution >= 0.6 is 0 Å². The van der Waals surface area contributed by atoms with Gasteiger partial charge >= 0.3 is 5.97 Å². The summed E-state index contributed by atoms with van der Waals surface area (Å²) in [6.45, 7) is 1.96. The average molecular weight is 144 g/mol. The number of carbonyl (C=O) groups excluding carboxylic acids is 1. The number of esters is 1. The van der Waals surface area contributed by atoms with Gasteiger partial charge < -0.3 is 9.47 Å². The highest BCUT2D eigenvalue weighted by atomic mass is 16.6. The fourth-order valence-electron chi connectivity index (χ4n) is 1.11. The SMILES string of the molecule is COC(=O)[C@@H]1CC[C@H](C)O1. The predicted molar refractivity (Wildman–Crippen MR) is 35.6 cm³/mol. The Balaban J connectivity index is 2.37. The fraction of sp³-hybridized carbons (Fsp3) is 0.857. The summed E-state index contributed by atoms with van der Waals surface area (Å²) < 4.78 is 9.76. The molecule has 1 saturated heterocycles. The summed E-state index contributed by atoms with van der Waals surface area (Å²) in [5.74, 6) is -0.246. The minimum Gasteiger partial charge on any atom is -0.467 e. The molecule has 0 N–H and O–H groups in total. The molecule has 58 valence electrons. The number of rotatable bonds is 1. The van der Waals surface area contributed by atoms with Gasteiger partial charge in [-0.25, -0.2) is 4.79 Å². The summed E-state index contributed by atoms with van der Waals surface area (Å²) >= 11 is 0. The van der Waals surface area contributed by atoms with Gasteiger partial charge in [0.25, 0.3) is 0 Å². The molecule has 1 aliphatic rings. The molecular formula is C7H12O3. The van der Waals surface area contributed by atoms with Crippen LogP contribution in [0.5, 0.6) is 0 Å². The normalized spacial score (nSPS) is 32.2. The number of methoxy groups -OCH3 is 1. The maximum Gasteiger partial charge on any atom is 0.334 e. The number of hydrogen-bond acceptors (Lipinski definition) is 3. The van der Waals surface area contributed by atoms with Crippen LogP contribution in [-0.4, -0.2) is 25.3 Å². The van der Waals surface area contributed by atoms with Crippen molar-refractivity contribution in [1.29, 1.82) is 0 Å². The molecule has 0 amide bonds. The molecular weight excluding hydrogens is 132 g/mol. The second kappa shape index (κ2) is 3.01. The van der Waals surface area contributed by atoms with Gasteiger partial charge in [0.1, 0.15) is 0 Å². The molecule has 0 bridgehead atoms. The quantitative estimate of drug-likeness (QED) is 0.509. The molecule has 0 aliphatic carbocycles. The Morgan fingerprint density at radius 2 is 2.30 bits per heavy atom. The van der Waals surface area contributed by atoms with E-state index in [1.54, 1.807) is 0 Å². The maximum absolute atomic E-state index is 10.8. The fourth-order valence-corrected chi connectivity index (χ4v) is 1.11. The van der Waals surface area contributed by atoms with Crippen LogP contribution in [0.3, 0.4) is 0 Å². The zero-order valence-electron chi connectivity index (χ0n) is 6.29. The van der Waals surface area contributed by atoms with Crippen molar-refractivity contribution in [3.8, 4) is 0 Å². The molecule has 2 atom stereocenters. The summed E-state index contributed by atoms with van der Waals surface area (Å²) in [5, 5.41) is 0. The van der Waals surface area contributed by atoms with E-state index in [4.69, 9.17) is 4.74 Å². The van der Waals surface area contributed by atoms with Crippen molar-refractivity contribution < 1.29 is 14.3 Å². The van der Waals surface area contributed by atoms with Gasteiger partial charge in [0, 0.05) is 0 Å². The van der Waals surface area contributed by atoms with Gasteiger partial charge in [-0.2, -0.15) is 0 Å². The number of ether oxygens (including phenoxy) is 2. The van der Waals surface area contributed by atoms with E-state index < -0.39 is 0 Å². The topological polar surface area (TPSA) is 35.5 Å². The van der Waals surface area contributed by atoms with E-state index in [1.165, 1.54) is 7.11 Å². The van der Waals surface area contributed by atoms with Crippen LogP contribution in [-0.2, 0) is 14.3 Å². The molecule has 0 saturated carbocycles. The van der Waals surface area contributed by atoms with Crippen molar-refractivity contribution in [3.63, 3.8) is 0 Å². The molecule has 3 nitrogen and oxygen atoms in total. The van der Waals surface area contributed by atoms with E-state index in [9.17, 15) is 4.79 Å². The van der Waals surface area contributed by atoms with Crippen LogP contribution in [0.2, 0.25) is 0 Å². The first kappa shape index (κ1) is 7.54. The highest BCUT2D eigenvalue weighted by Gasteiger charge is 2.28. The third kappa shape index (κ3) is 1.48. The molecule has 0 radical (unpaired) electrons. The Morgan fingerprint density at radius 3 is 2.70 bits per heavy atom. The summed E-state index contributed by atoms with van der Waals surface area (Å²) in [6, 6.07) is 0. The van der Waals surface area contributed by atoms with Gasteiger partial charge in [-0.1, -0.05) is 0 Å². The molecule has 1 rings (SSSR count). The van der Waals surface area contributed by atoms with Crippen LogP contribution < -0.4 is 0 Å². The molecule has 1 aliphatic heterocycles. The monoisotopic (exact) mass is 144 g/mol. The van der Waals surface area contributed by atoms with Crippen molar-refractivity contribution in [2.45, 2.75) is 32.0 Å². The molecule has 1 heterocycles. The van der Waals surface area contributed by atoms with Crippen LogP contribution in [0.1, 0.15) is 19.8 Å². The molecule has 0 unspecified atom stereocenters. The first-order valence-corrected chi connectivity index (χ1v) is 3.47. The lowest BCUT2D eigenvalue weighted by molar-refractivity contribution is -0.152. The Hall–Kier alpha value is -0.570. The lowest BCUT2D eigenvalue weighted by Gasteiger charge is -2.06. The molecule has 1 fully saturated rings. The van der Waals surface area contributed by atoms with E-state index in [2.05, 4.69) is 4.74 Å². The van der Waals surface area contributed by atoms with Crippen molar-refractivity contribution in [2.24, 2.45) is 0 Å². The lowest BCUT2D eigenvalue weighted by atomic mass is 10.2. The first-order valence-electron chi connectivity index (χ1n) is 3.47. The highest BCUT2D eigenvalue weighted by Crippen LogP contribution is 2.19. The highest BCUT2D eigenvalue weighted by molar-refractivity contribution is 5.74. The van der Waals surface area contributed by atoms with E-state index in [0.29, 0.717) is 0 Å². The smallest absolute Gasteiger partial charge is 0.334 e. The third-order valence-electron chi connectivity index (χ3n) is 1.70. The zero-order valence-corrected chi connectivity index (χ0v) is 6.29. The Morgan fingerprint density at radius 1 is 1.60 bits per heavy atom. The summed E-state index contributed by atoms with van der Waals surface area (Å²) in [5.41, 5.74) is 0. The van der Waals surface area contributed by atoms with Gasteiger partial charge in [0.05, 0.1) is 13.2 Å². The van der Waals surface area contributed by atoms with Crippen LogP contribution in [0.25, 0.3) is 0 Å². The van der Waals surface area contributed by atoms with Gasteiger partial charge in [-0.15, -0.1) is 0 Å². The van der Waals surface area contributed by atoms with Crippen molar-refractivity contribution >= 4 is 5.97 Å². The summed E-state index contributed by atoms with van der Waals surface area (Å²) in [7, 11) is 1.38. The summed E-state index contributed by atoms with van der Waals surface area (Å²) in [4.78, 5) is 10.8. The largest absolute Gasteiger partial charge is 0.467 e. The van der Waals surface area contributed by atoms with Gasteiger partial charge in [-0.05, 0) is 19.8 Å². The molecule has 0 aromatic carbocycles. The first-order chi connectivity index (χ1) is 4.74. The number of carbonyl (C=O) groups is 1. The minimum atomic E-state index is -0.306. The van der Waals surface area contributed by atoms with Crippen LogP contribution in [0.15, 0.2) is 0 Å². The molecule has 3 heteroatoms. The predicted octanol–water partition coefficient (Wildman–Crippen LogP) is 0.727. The standard InChI is InChI=1S/C7H12O3/c1-5-3-4-6(10-5)7(8)9-2/h5-6H,3-4H2,1-2H3/t5-,6-/m0/s1. The maximum atomic E-state index is 10.8. The van der Waals surface area contributed by atoms with E-state index in [1.807, 2.05) is 6.92 Å². The molecule has 0 aromatic heterocycles. The number of hydrogen-bond donors (Lipinski definition) is 0. The Labute approximate surface area is 60.3 Å². The van der Waals surface area contributed by atoms with Crippen molar-refractivity contribution in [2.75, 3.05) is 7.11 Å². The second-order valence-corrected chi connectivity index (χ2v) is 2.54. The van der Waals surface area contributed by atoms with Gasteiger partial charge in [-0.3, -0.25) is 0 Å². The second-order valence-electron chi connectivity index (χ2n) is 2.54. The van der Waals surface area contributed by atoms with Gasteiger partial charge in [0.15, 0.2) is 6.10 Å².